The van der Waals surface area contributed by atoms with Crippen molar-refractivity contribution in [3.63, 3.8) is 0 Å². The monoisotopic (exact) mass is 406 g/mol. The molecule has 0 heterocycles. The number of hydrogen-bond acceptors (Lipinski definition) is 4. The first kappa shape index (κ1) is 20.6. The normalized spacial score (nSPS) is 22.3. The van der Waals surface area contributed by atoms with Crippen molar-refractivity contribution < 1.29 is 19.1 Å². The first-order valence-corrected chi connectivity index (χ1v) is 11.3. The second kappa shape index (κ2) is 9.92. The van der Waals surface area contributed by atoms with Gasteiger partial charge in [0.05, 0.1) is 11.5 Å². The summed E-state index contributed by atoms with van der Waals surface area (Å²) >= 11 is 0. The number of rotatable bonds is 5. The van der Waals surface area contributed by atoms with Crippen molar-refractivity contribution in [1.29, 1.82) is 0 Å². The molecular weight excluding hydrogens is 376 g/mol. The number of carbonyl (C=O) groups excluding carboxylic acids is 2. The molecule has 0 aliphatic heterocycles. The molecule has 0 spiro atoms. The third kappa shape index (κ3) is 5.29. The van der Waals surface area contributed by atoms with Gasteiger partial charge in [-0.15, -0.1) is 0 Å². The van der Waals surface area contributed by atoms with Gasteiger partial charge in [-0.3, -0.25) is 4.79 Å². The minimum Gasteiger partial charge on any atom is -0.462 e. The molecule has 2 saturated carbocycles. The van der Waals surface area contributed by atoms with Gasteiger partial charge in [-0.05, 0) is 74.3 Å². The summed E-state index contributed by atoms with van der Waals surface area (Å²) in [5.74, 6) is 0.812. The smallest absolute Gasteiger partial charge is 0.343 e. The minimum absolute atomic E-state index is 0.0273. The Balaban J connectivity index is 1.26. The average molecular weight is 407 g/mol. The molecule has 2 fully saturated rings. The number of carbonyl (C=O) groups is 2. The van der Waals surface area contributed by atoms with Gasteiger partial charge in [0.1, 0.15) is 11.9 Å². The van der Waals surface area contributed by atoms with Gasteiger partial charge in [0.15, 0.2) is 0 Å². The third-order valence-corrected chi connectivity index (χ3v) is 6.47. The van der Waals surface area contributed by atoms with E-state index >= 15 is 0 Å². The van der Waals surface area contributed by atoms with Crippen LogP contribution in [0, 0.1) is 5.92 Å². The van der Waals surface area contributed by atoms with E-state index in [1.807, 2.05) is 42.5 Å². The molecule has 2 aliphatic carbocycles. The SMILES string of the molecule is O=C(Oc1ccccc1)c1ccc(C2CCC(OC(=O)C3CCCCC3)CC2)cc1. The molecular formula is C26H30O4. The fraction of sp³-hybridized carbons (Fsp3) is 0.462. The van der Waals surface area contributed by atoms with Crippen LogP contribution in [0.15, 0.2) is 54.6 Å². The highest BCUT2D eigenvalue weighted by Crippen LogP contribution is 2.35. The van der Waals surface area contributed by atoms with E-state index in [9.17, 15) is 9.59 Å². The van der Waals surface area contributed by atoms with Gasteiger partial charge in [0.2, 0.25) is 0 Å². The van der Waals surface area contributed by atoms with Crippen molar-refractivity contribution in [2.75, 3.05) is 0 Å². The zero-order valence-electron chi connectivity index (χ0n) is 17.4. The lowest BCUT2D eigenvalue weighted by Crippen LogP contribution is -2.28. The highest BCUT2D eigenvalue weighted by molar-refractivity contribution is 5.91. The number of benzene rings is 2. The molecule has 4 heteroatoms. The van der Waals surface area contributed by atoms with E-state index < -0.39 is 0 Å². The average Bonchev–Trinajstić information content (AvgIpc) is 2.81. The second-order valence-corrected chi connectivity index (χ2v) is 8.57. The minimum atomic E-state index is -0.342. The largest absolute Gasteiger partial charge is 0.462 e. The molecule has 0 unspecified atom stereocenters. The van der Waals surface area contributed by atoms with Crippen molar-refractivity contribution in [2.24, 2.45) is 5.92 Å². The maximum Gasteiger partial charge on any atom is 0.343 e. The van der Waals surface area contributed by atoms with Crippen molar-refractivity contribution in [3.05, 3.63) is 65.7 Å². The predicted molar refractivity (Wildman–Crippen MR) is 116 cm³/mol. The molecule has 2 aromatic rings. The summed E-state index contributed by atoms with van der Waals surface area (Å²) in [4.78, 5) is 24.7. The zero-order chi connectivity index (χ0) is 20.8. The van der Waals surface area contributed by atoms with Gasteiger partial charge in [0, 0.05) is 0 Å². The Hall–Kier alpha value is -2.62. The van der Waals surface area contributed by atoms with Crippen molar-refractivity contribution in [2.45, 2.75) is 69.8 Å². The molecule has 0 radical (unpaired) electrons. The first-order chi connectivity index (χ1) is 14.7. The molecule has 2 aliphatic rings. The maximum atomic E-state index is 12.4. The summed E-state index contributed by atoms with van der Waals surface area (Å²) in [7, 11) is 0. The van der Waals surface area contributed by atoms with Crippen LogP contribution in [0.3, 0.4) is 0 Å². The van der Waals surface area contributed by atoms with Gasteiger partial charge >= 0.3 is 11.9 Å². The molecule has 4 rings (SSSR count). The maximum absolute atomic E-state index is 12.4. The summed E-state index contributed by atoms with van der Waals surface area (Å²) in [6, 6.07) is 16.9. The van der Waals surface area contributed by atoms with Crippen molar-refractivity contribution >= 4 is 11.9 Å². The molecule has 0 amide bonds. The fourth-order valence-corrected chi connectivity index (χ4v) is 4.66. The predicted octanol–water partition coefficient (Wildman–Crippen LogP) is 6.06. The highest BCUT2D eigenvalue weighted by Gasteiger charge is 2.28. The Bertz CT molecular complexity index is 829. The number of hydrogen-bond donors (Lipinski definition) is 0. The molecule has 2 aromatic carbocycles. The summed E-state index contributed by atoms with van der Waals surface area (Å²) in [6.07, 6.45) is 9.46. The molecule has 30 heavy (non-hydrogen) atoms. The topological polar surface area (TPSA) is 52.6 Å². The Morgan fingerprint density at radius 3 is 2.07 bits per heavy atom. The van der Waals surface area contributed by atoms with Crippen LogP contribution >= 0.6 is 0 Å². The lowest BCUT2D eigenvalue weighted by Gasteiger charge is -2.30. The van der Waals surface area contributed by atoms with Crippen LogP contribution in [0.1, 0.15) is 79.6 Å². The van der Waals surface area contributed by atoms with Gasteiger partial charge in [-0.2, -0.15) is 0 Å². The van der Waals surface area contributed by atoms with E-state index in [4.69, 9.17) is 9.47 Å². The Labute approximate surface area is 178 Å². The molecule has 0 N–H and O–H groups in total. The fourth-order valence-electron chi connectivity index (χ4n) is 4.66. The van der Waals surface area contributed by atoms with E-state index in [2.05, 4.69) is 0 Å². The van der Waals surface area contributed by atoms with E-state index in [1.165, 1.54) is 12.0 Å². The first-order valence-electron chi connectivity index (χ1n) is 11.3. The van der Waals surface area contributed by atoms with E-state index in [0.717, 1.165) is 51.4 Å². The van der Waals surface area contributed by atoms with Crippen LogP contribution in [0.4, 0.5) is 0 Å². The zero-order valence-corrected chi connectivity index (χ0v) is 17.4. The Morgan fingerprint density at radius 2 is 1.40 bits per heavy atom. The van der Waals surface area contributed by atoms with Crippen LogP contribution in [-0.4, -0.2) is 18.0 Å². The summed E-state index contributed by atoms with van der Waals surface area (Å²) in [5.41, 5.74) is 1.79. The van der Waals surface area contributed by atoms with Gasteiger partial charge in [-0.1, -0.05) is 49.6 Å². The van der Waals surface area contributed by atoms with Crippen LogP contribution < -0.4 is 4.74 Å². The van der Waals surface area contributed by atoms with Gasteiger partial charge in [-0.25, -0.2) is 4.79 Å². The number of ether oxygens (including phenoxy) is 2. The second-order valence-electron chi connectivity index (χ2n) is 8.57. The van der Waals surface area contributed by atoms with Crippen LogP contribution in [0.5, 0.6) is 5.75 Å². The van der Waals surface area contributed by atoms with Crippen LogP contribution in [-0.2, 0) is 9.53 Å². The van der Waals surface area contributed by atoms with Gasteiger partial charge in [0.25, 0.3) is 0 Å². The molecule has 158 valence electrons. The summed E-state index contributed by atoms with van der Waals surface area (Å²) in [6.45, 7) is 0. The molecule has 4 nitrogen and oxygen atoms in total. The van der Waals surface area contributed by atoms with Crippen molar-refractivity contribution in [1.82, 2.24) is 0 Å². The number of para-hydroxylation sites is 1. The molecule has 0 bridgehead atoms. The molecule has 0 atom stereocenters. The molecule has 0 aromatic heterocycles. The van der Waals surface area contributed by atoms with Gasteiger partial charge < -0.3 is 9.47 Å². The Morgan fingerprint density at radius 1 is 0.733 bits per heavy atom. The third-order valence-electron chi connectivity index (χ3n) is 6.47. The quantitative estimate of drug-likeness (QED) is 0.448. The highest BCUT2D eigenvalue weighted by atomic mass is 16.5. The lowest BCUT2D eigenvalue weighted by atomic mass is 9.82. The standard InChI is InChI=1S/C26H30O4/c27-25(21-7-3-1-4-8-21)30-24-17-15-20(16-18-24)19-11-13-22(14-12-19)26(28)29-23-9-5-2-6-10-23/h2,5-6,9-14,20-21,24H,1,3-4,7-8,15-18H2. The van der Waals surface area contributed by atoms with Crippen LogP contribution in [0.2, 0.25) is 0 Å². The lowest BCUT2D eigenvalue weighted by molar-refractivity contribution is -0.156. The summed E-state index contributed by atoms with van der Waals surface area (Å²) in [5, 5.41) is 0. The van der Waals surface area contributed by atoms with E-state index in [0.29, 0.717) is 17.2 Å². The van der Waals surface area contributed by atoms with Crippen LogP contribution in [0.25, 0.3) is 0 Å². The Kier molecular flexibility index (Phi) is 6.83. The van der Waals surface area contributed by atoms with E-state index in [1.54, 1.807) is 12.1 Å². The molecule has 0 saturated heterocycles. The van der Waals surface area contributed by atoms with Crippen molar-refractivity contribution in [3.8, 4) is 5.75 Å². The summed E-state index contributed by atoms with van der Waals surface area (Å²) < 4.78 is 11.2. The van der Waals surface area contributed by atoms with E-state index in [-0.39, 0.29) is 24.0 Å². The number of esters is 2.